The lowest BCUT2D eigenvalue weighted by Crippen LogP contribution is -2.09. The maximum absolute atomic E-state index is 5.40. The van der Waals surface area contributed by atoms with Crippen molar-refractivity contribution in [3.63, 3.8) is 0 Å². The second-order valence-electron chi connectivity index (χ2n) is 5.61. The van der Waals surface area contributed by atoms with Crippen LogP contribution in [0.3, 0.4) is 0 Å². The highest BCUT2D eigenvalue weighted by molar-refractivity contribution is 5.56. The molecule has 1 aromatic heterocycles. The Hall–Kier alpha value is -3.22. The van der Waals surface area contributed by atoms with E-state index in [2.05, 4.69) is 15.5 Å². The van der Waals surface area contributed by atoms with Gasteiger partial charge in [0.1, 0.15) is 0 Å². The molecular formula is C19H21N3O4. The largest absolute Gasteiger partial charge is 0.493 e. The van der Waals surface area contributed by atoms with Gasteiger partial charge >= 0.3 is 0 Å². The van der Waals surface area contributed by atoms with Gasteiger partial charge in [0.05, 0.1) is 27.4 Å². The summed E-state index contributed by atoms with van der Waals surface area (Å²) >= 11 is 0. The van der Waals surface area contributed by atoms with E-state index in [1.807, 2.05) is 49.4 Å². The van der Waals surface area contributed by atoms with Crippen molar-refractivity contribution < 1.29 is 18.7 Å². The van der Waals surface area contributed by atoms with Crippen LogP contribution >= 0.6 is 0 Å². The SMILES string of the molecule is COc1cc(C(C)Nc2noc(-c3ccccc3)n2)cc(OC)c1OC. The van der Waals surface area contributed by atoms with E-state index in [4.69, 9.17) is 18.7 Å². The van der Waals surface area contributed by atoms with Crippen molar-refractivity contribution in [2.24, 2.45) is 0 Å². The summed E-state index contributed by atoms with van der Waals surface area (Å²) < 4.78 is 21.5. The van der Waals surface area contributed by atoms with E-state index in [0.717, 1.165) is 11.1 Å². The highest BCUT2D eigenvalue weighted by atomic mass is 16.5. The summed E-state index contributed by atoms with van der Waals surface area (Å²) in [6.07, 6.45) is 0. The summed E-state index contributed by atoms with van der Waals surface area (Å²) in [5.41, 5.74) is 1.80. The zero-order chi connectivity index (χ0) is 18.5. The number of hydrogen-bond acceptors (Lipinski definition) is 7. The molecule has 0 saturated carbocycles. The molecule has 0 aliphatic rings. The van der Waals surface area contributed by atoms with Crippen LogP contribution in [0.25, 0.3) is 11.5 Å². The third-order valence-corrected chi connectivity index (χ3v) is 3.98. The minimum absolute atomic E-state index is 0.107. The zero-order valence-corrected chi connectivity index (χ0v) is 15.1. The van der Waals surface area contributed by atoms with Gasteiger partial charge in [-0.05, 0) is 41.9 Å². The minimum atomic E-state index is -0.107. The predicted molar refractivity (Wildman–Crippen MR) is 97.9 cm³/mol. The molecule has 0 aliphatic heterocycles. The number of aromatic nitrogens is 2. The first-order chi connectivity index (χ1) is 12.7. The van der Waals surface area contributed by atoms with Crippen LogP contribution in [-0.4, -0.2) is 31.5 Å². The molecule has 136 valence electrons. The number of methoxy groups -OCH3 is 3. The molecule has 0 radical (unpaired) electrons. The smallest absolute Gasteiger partial charge is 0.264 e. The van der Waals surface area contributed by atoms with Gasteiger partial charge in [-0.2, -0.15) is 4.98 Å². The topological polar surface area (TPSA) is 78.6 Å². The van der Waals surface area contributed by atoms with Crippen LogP contribution in [0.2, 0.25) is 0 Å². The Morgan fingerprint density at radius 1 is 0.962 bits per heavy atom. The van der Waals surface area contributed by atoms with Gasteiger partial charge in [-0.3, -0.25) is 0 Å². The first-order valence-corrected chi connectivity index (χ1v) is 8.11. The van der Waals surface area contributed by atoms with Crippen LogP contribution in [-0.2, 0) is 0 Å². The molecule has 1 unspecified atom stereocenters. The molecule has 3 rings (SSSR count). The van der Waals surface area contributed by atoms with Crippen LogP contribution in [0.15, 0.2) is 47.0 Å². The van der Waals surface area contributed by atoms with Gasteiger partial charge in [-0.25, -0.2) is 0 Å². The van der Waals surface area contributed by atoms with E-state index in [-0.39, 0.29) is 6.04 Å². The summed E-state index contributed by atoms with van der Waals surface area (Å²) in [6.45, 7) is 1.99. The summed E-state index contributed by atoms with van der Waals surface area (Å²) in [4.78, 5) is 4.39. The Labute approximate surface area is 151 Å². The van der Waals surface area contributed by atoms with Crippen LogP contribution in [0.4, 0.5) is 5.95 Å². The molecule has 1 heterocycles. The number of rotatable bonds is 7. The van der Waals surface area contributed by atoms with Gasteiger partial charge in [0, 0.05) is 5.56 Å². The Bertz CT molecular complexity index is 839. The third kappa shape index (κ3) is 3.56. The van der Waals surface area contributed by atoms with E-state index in [1.165, 1.54) is 0 Å². The summed E-state index contributed by atoms with van der Waals surface area (Å²) in [5.74, 6) is 2.61. The molecule has 26 heavy (non-hydrogen) atoms. The number of hydrogen-bond donors (Lipinski definition) is 1. The number of benzene rings is 2. The second kappa shape index (κ2) is 7.77. The number of nitrogens with one attached hydrogen (secondary N) is 1. The number of nitrogens with zero attached hydrogens (tertiary/aromatic N) is 2. The lowest BCUT2D eigenvalue weighted by molar-refractivity contribution is 0.323. The lowest BCUT2D eigenvalue weighted by Gasteiger charge is -2.18. The fourth-order valence-corrected chi connectivity index (χ4v) is 2.61. The first-order valence-electron chi connectivity index (χ1n) is 8.11. The standard InChI is InChI=1S/C19H21N3O4/c1-12(14-10-15(23-2)17(25-4)16(11-14)24-3)20-19-21-18(26-22-19)13-8-6-5-7-9-13/h5-12H,1-4H3,(H,20,22). The molecule has 3 aromatic rings. The lowest BCUT2D eigenvalue weighted by atomic mass is 10.1. The molecule has 0 spiro atoms. The van der Waals surface area contributed by atoms with Crippen molar-refractivity contribution >= 4 is 5.95 Å². The summed E-state index contributed by atoms with van der Waals surface area (Å²) in [5, 5.41) is 7.21. The Kier molecular flexibility index (Phi) is 5.26. The molecule has 0 bridgehead atoms. The van der Waals surface area contributed by atoms with Gasteiger partial charge in [0.25, 0.3) is 11.8 Å². The van der Waals surface area contributed by atoms with E-state index >= 15 is 0 Å². The molecule has 7 heteroatoms. The molecular weight excluding hydrogens is 334 g/mol. The normalized spacial score (nSPS) is 11.7. The van der Waals surface area contributed by atoms with E-state index in [0.29, 0.717) is 29.1 Å². The van der Waals surface area contributed by atoms with Crippen LogP contribution in [0.1, 0.15) is 18.5 Å². The molecule has 0 aliphatic carbocycles. The second-order valence-corrected chi connectivity index (χ2v) is 5.61. The minimum Gasteiger partial charge on any atom is -0.493 e. The quantitative estimate of drug-likeness (QED) is 0.688. The fourth-order valence-electron chi connectivity index (χ4n) is 2.61. The van der Waals surface area contributed by atoms with Crippen molar-refractivity contribution in [2.45, 2.75) is 13.0 Å². The number of ether oxygens (including phenoxy) is 3. The van der Waals surface area contributed by atoms with Gasteiger partial charge < -0.3 is 24.1 Å². The van der Waals surface area contributed by atoms with Crippen molar-refractivity contribution in [3.05, 3.63) is 48.0 Å². The van der Waals surface area contributed by atoms with Gasteiger partial charge in [-0.15, -0.1) is 0 Å². The van der Waals surface area contributed by atoms with Crippen molar-refractivity contribution in [1.82, 2.24) is 10.1 Å². The van der Waals surface area contributed by atoms with Crippen molar-refractivity contribution in [1.29, 1.82) is 0 Å². The maximum atomic E-state index is 5.40. The molecule has 0 saturated heterocycles. The molecule has 1 N–H and O–H groups in total. The highest BCUT2D eigenvalue weighted by Crippen LogP contribution is 2.40. The monoisotopic (exact) mass is 355 g/mol. The molecule has 0 amide bonds. The summed E-state index contributed by atoms with van der Waals surface area (Å²) in [6, 6.07) is 13.3. The third-order valence-electron chi connectivity index (χ3n) is 3.98. The van der Waals surface area contributed by atoms with Crippen LogP contribution in [0.5, 0.6) is 17.2 Å². The average molecular weight is 355 g/mol. The van der Waals surface area contributed by atoms with Gasteiger partial charge in [0.2, 0.25) is 5.75 Å². The van der Waals surface area contributed by atoms with E-state index < -0.39 is 0 Å². The molecule has 2 aromatic carbocycles. The van der Waals surface area contributed by atoms with Gasteiger partial charge in [-0.1, -0.05) is 18.2 Å². The highest BCUT2D eigenvalue weighted by Gasteiger charge is 2.18. The average Bonchev–Trinajstić information content (AvgIpc) is 3.15. The van der Waals surface area contributed by atoms with Crippen LogP contribution in [0, 0.1) is 0 Å². The van der Waals surface area contributed by atoms with Gasteiger partial charge in [0.15, 0.2) is 11.5 Å². The van der Waals surface area contributed by atoms with Crippen molar-refractivity contribution in [3.8, 4) is 28.7 Å². The van der Waals surface area contributed by atoms with E-state index in [9.17, 15) is 0 Å². The molecule has 1 atom stereocenters. The Balaban J connectivity index is 1.82. The Morgan fingerprint density at radius 3 is 2.19 bits per heavy atom. The Morgan fingerprint density at radius 2 is 1.62 bits per heavy atom. The van der Waals surface area contributed by atoms with E-state index in [1.54, 1.807) is 21.3 Å². The molecule has 7 nitrogen and oxygen atoms in total. The summed E-state index contributed by atoms with van der Waals surface area (Å²) in [7, 11) is 4.75. The first kappa shape index (κ1) is 17.6. The molecule has 0 fully saturated rings. The fraction of sp³-hybridized carbons (Fsp3) is 0.263. The number of anilines is 1. The predicted octanol–water partition coefficient (Wildman–Crippen LogP) is 3.94. The zero-order valence-electron chi connectivity index (χ0n) is 15.1. The van der Waals surface area contributed by atoms with Crippen molar-refractivity contribution in [2.75, 3.05) is 26.6 Å². The maximum Gasteiger partial charge on any atom is 0.264 e. The van der Waals surface area contributed by atoms with Crippen LogP contribution < -0.4 is 19.5 Å².